The summed E-state index contributed by atoms with van der Waals surface area (Å²) in [4.78, 5) is 22.6. The van der Waals surface area contributed by atoms with Crippen molar-refractivity contribution in [1.82, 2.24) is 5.32 Å². The normalized spacial score (nSPS) is 19.2. The highest BCUT2D eigenvalue weighted by Gasteiger charge is 2.26. The Balaban J connectivity index is 1.99. The van der Waals surface area contributed by atoms with Crippen LogP contribution in [0, 0.1) is 0 Å². The fourth-order valence-corrected chi connectivity index (χ4v) is 1.62. The average molecular weight is 220 g/mol. The molecule has 1 aliphatic rings. The molecule has 1 aromatic rings. The van der Waals surface area contributed by atoms with Crippen molar-refractivity contribution in [1.29, 1.82) is 0 Å². The number of rotatable bonds is 2. The van der Waals surface area contributed by atoms with Gasteiger partial charge in [-0.15, -0.1) is 0 Å². The van der Waals surface area contributed by atoms with Crippen LogP contribution in [0.25, 0.3) is 0 Å². The van der Waals surface area contributed by atoms with Crippen LogP contribution in [-0.4, -0.2) is 23.0 Å². The van der Waals surface area contributed by atoms with E-state index in [1.165, 1.54) is 12.1 Å². The van der Waals surface area contributed by atoms with Gasteiger partial charge in [-0.2, -0.15) is 0 Å². The van der Waals surface area contributed by atoms with Crippen LogP contribution in [0.5, 0.6) is 5.75 Å². The molecule has 16 heavy (non-hydrogen) atoms. The lowest BCUT2D eigenvalue weighted by molar-refractivity contribution is -0.122. The van der Waals surface area contributed by atoms with Gasteiger partial charge in [0.1, 0.15) is 11.8 Å². The Morgan fingerprint density at radius 1 is 1.50 bits per heavy atom. The van der Waals surface area contributed by atoms with Gasteiger partial charge in [0.2, 0.25) is 11.8 Å². The molecule has 2 amide bonds. The largest absolute Gasteiger partial charge is 0.508 e. The van der Waals surface area contributed by atoms with Gasteiger partial charge in [-0.3, -0.25) is 9.59 Å². The molecule has 1 heterocycles. The molecule has 84 valence electrons. The summed E-state index contributed by atoms with van der Waals surface area (Å²) in [5, 5.41) is 14.4. The second-order valence-corrected chi connectivity index (χ2v) is 3.70. The first kappa shape index (κ1) is 10.5. The first-order chi connectivity index (χ1) is 7.65. The minimum atomic E-state index is -0.463. The standard InChI is InChI=1S/C11H12N2O3/c14-8-3-1-2-7(6-8)12-11(16)9-4-5-10(15)13-9/h1-3,6,9,14H,4-5H2,(H,12,16)(H,13,15). The zero-order chi connectivity index (χ0) is 11.5. The minimum absolute atomic E-state index is 0.0910. The second-order valence-electron chi connectivity index (χ2n) is 3.70. The molecular formula is C11H12N2O3. The van der Waals surface area contributed by atoms with E-state index in [1.54, 1.807) is 12.1 Å². The Labute approximate surface area is 92.5 Å². The van der Waals surface area contributed by atoms with E-state index in [2.05, 4.69) is 10.6 Å². The summed E-state index contributed by atoms with van der Waals surface area (Å²) in [5.41, 5.74) is 0.520. The second kappa shape index (κ2) is 4.22. The van der Waals surface area contributed by atoms with Crippen LogP contribution >= 0.6 is 0 Å². The fourth-order valence-electron chi connectivity index (χ4n) is 1.62. The summed E-state index contributed by atoms with van der Waals surface area (Å²) >= 11 is 0. The summed E-state index contributed by atoms with van der Waals surface area (Å²) in [6.07, 6.45) is 0.904. The van der Waals surface area contributed by atoms with Crippen LogP contribution in [0.3, 0.4) is 0 Å². The molecular weight excluding hydrogens is 208 g/mol. The van der Waals surface area contributed by atoms with Crippen LogP contribution in [0.2, 0.25) is 0 Å². The zero-order valence-corrected chi connectivity index (χ0v) is 8.56. The molecule has 1 fully saturated rings. The number of amides is 2. The topological polar surface area (TPSA) is 78.4 Å². The van der Waals surface area contributed by atoms with E-state index in [4.69, 9.17) is 0 Å². The maximum atomic E-state index is 11.7. The first-order valence-electron chi connectivity index (χ1n) is 5.04. The molecule has 0 aromatic heterocycles. The van der Waals surface area contributed by atoms with Gasteiger partial charge in [0.15, 0.2) is 0 Å². The van der Waals surface area contributed by atoms with E-state index in [0.717, 1.165) is 0 Å². The Hall–Kier alpha value is -2.04. The van der Waals surface area contributed by atoms with Crippen LogP contribution in [0.4, 0.5) is 5.69 Å². The maximum absolute atomic E-state index is 11.7. The lowest BCUT2D eigenvalue weighted by atomic mass is 10.2. The highest BCUT2D eigenvalue weighted by atomic mass is 16.3. The lowest BCUT2D eigenvalue weighted by Gasteiger charge is -2.10. The highest BCUT2D eigenvalue weighted by molar-refractivity contribution is 5.99. The molecule has 1 aliphatic heterocycles. The number of aromatic hydroxyl groups is 1. The Bertz CT molecular complexity index is 431. The van der Waals surface area contributed by atoms with Crippen molar-refractivity contribution in [3.05, 3.63) is 24.3 Å². The van der Waals surface area contributed by atoms with Crippen molar-refractivity contribution < 1.29 is 14.7 Å². The molecule has 3 N–H and O–H groups in total. The van der Waals surface area contributed by atoms with Crippen molar-refractivity contribution in [2.24, 2.45) is 0 Å². The summed E-state index contributed by atoms with van der Waals surface area (Å²) in [7, 11) is 0. The number of phenols is 1. The fraction of sp³-hybridized carbons (Fsp3) is 0.273. The third kappa shape index (κ3) is 2.31. The van der Waals surface area contributed by atoms with Crippen molar-refractivity contribution in [2.45, 2.75) is 18.9 Å². The van der Waals surface area contributed by atoms with Crippen LogP contribution in [-0.2, 0) is 9.59 Å². The molecule has 5 nitrogen and oxygen atoms in total. The molecule has 0 radical (unpaired) electrons. The van der Waals surface area contributed by atoms with E-state index in [0.29, 0.717) is 18.5 Å². The van der Waals surface area contributed by atoms with Crippen molar-refractivity contribution in [3.8, 4) is 5.75 Å². The molecule has 1 atom stereocenters. The summed E-state index contributed by atoms with van der Waals surface area (Å²) in [5.74, 6) is -0.263. The summed E-state index contributed by atoms with van der Waals surface area (Å²) < 4.78 is 0. The van der Waals surface area contributed by atoms with Gasteiger partial charge in [0.25, 0.3) is 0 Å². The predicted octanol–water partition coefficient (Wildman–Crippen LogP) is 0.609. The Kier molecular flexibility index (Phi) is 2.76. The van der Waals surface area contributed by atoms with Gasteiger partial charge in [0, 0.05) is 18.2 Å². The third-order valence-electron chi connectivity index (χ3n) is 2.43. The lowest BCUT2D eigenvalue weighted by Crippen LogP contribution is -2.37. The highest BCUT2D eigenvalue weighted by Crippen LogP contribution is 2.16. The number of hydrogen-bond acceptors (Lipinski definition) is 3. The van der Waals surface area contributed by atoms with E-state index in [-0.39, 0.29) is 17.6 Å². The van der Waals surface area contributed by atoms with Gasteiger partial charge in [0.05, 0.1) is 0 Å². The smallest absolute Gasteiger partial charge is 0.246 e. The zero-order valence-electron chi connectivity index (χ0n) is 8.56. The molecule has 1 aromatic carbocycles. The average Bonchev–Trinajstić information content (AvgIpc) is 2.65. The van der Waals surface area contributed by atoms with Crippen molar-refractivity contribution in [3.63, 3.8) is 0 Å². The van der Waals surface area contributed by atoms with Crippen molar-refractivity contribution >= 4 is 17.5 Å². The van der Waals surface area contributed by atoms with Gasteiger partial charge < -0.3 is 15.7 Å². The number of anilines is 1. The third-order valence-corrected chi connectivity index (χ3v) is 2.43. The first-order valence-corrected chi connectivity index (χ1v) is 5.04. The molecule has 0 saturated carbocycles. The number of nitrogens with one attached hydrogen (secondary N) is 2. The summed E-state index contributed by atoms with van der Waals surface area (Å²) in [6.45, 7) is 0. The van der Waals surface area contributed by atoms with E-state index in [9.17, 15) is 14.7 Å². The maximum Gasteiger partial charge on any atom is 0.246 e. The molecule has 0 aliphatic carbocycles. The number of hydrogen-bond donors (Lipinski definition) is 3. The quantitative estimate of drug-likeness (QED) is 0.683. The molecule has 1 saturated heterocycles. The van der Waals surface area contributed by atoms with Gasteiger partial charge in [-0.1, -0.05) is 6.07 Å². The number of carbonyl (C=O) groups excluding carboxylic acids is 2. The van der Waals surface area contributed by atoms with Crippen LogP contribution in [0.1, 0.15) is 12.8 Å². The molecule has 5 heteroatoms. The SMILES string of the molecule is O=C1CCC(C(=O)Nc2cccc(O)c2)N1. The minimum Gasteiger partial charge on any atom is -0.508 e. The van der Waals surface area contributed by atoms with E-state index >= 15 is 0 Å². The van der Waals surface area contributed by atoms with Gasteiger partial charge in [-0.25, -0.2) is 0 Å². The molecule has 0 spiro atoms. The van der Waals surface area contributed by atoms with Gasteiger partial charge >= 0.3 is 0 Å². The van der Waals surface area contributed by atoms with Gasteiger partial charge in [-0.05, 0) is 18.6 Å². The number of benzene rings is 1. The molecule has 2 rings (SSSR count). The molecule has 1 unspecified atom stereocenters. The number of phenolic OH excluding ortho intramolecular Hbond substituents is 1. The van der Waals surface area contributed by atoms with Crippen molar-refractivity contribution in [2.75, 3.05) is 5.32 Å². The Morgan fingerprint density at radius 2 is 2.31 bits per heavy atom. The predicted molar refractivity (Wildman–Crippen MR) is 57.9 cm³/mol. The van der Waals surface area contributed by atoms with E-state index in [1.807, 2.05) is 0 Å². The Morgan fingerprint density at radius 3 is 2.94 bits per heavy atom. The van der Waals surface area contributed by atoms with Crippen LogP contribution < -0.4 is 10.6 Å². The monoisotopic (exact) mass is 220 g/mol. The number of carbonyl (C=O) groups is 2. The van der Waals surface area contributed by atoms with Crippen LogP contribution in [0.15, 0.2) is 24.3 Å². The molecule has 0 bridgehead atoms. The summed E-state index contributed by atoms with van der Waals surface area (Å²) in [6, 6.07) is 5.82. The van der Waals surface area contributed by atoms with E-state index < -0.39 is 6.04 Å².